The van der Waals surface area contributed by atoms with Crippen molar-refractivity contribution < 1.29 is 0 Å². The summed E-state index contributed by atoms with van der Waals surface area (Å²) in [7, 11) is 0. The molecule has 0 fully saturated rings. The number of halogens is 3. The van der Waals surface area contributed by atoms with Crippen molar-refractivity contribution in [3.8, 4) is 0 Å². The van der Waals surface area contributed by atoms with E-state index in [0.29, 0.717) is 0 Å². The van der Waals surface area contributed by atoms with Crippen LogP contribution in [0.1, 0.15) is 0 Å². The van der Waals surface area contributed by atoms with Crippen molar-refractivity contribution in [1.82, 2.24) is 12.3 Å². The monoisotopic (exact) mass is 255 g/mol. The number of hydrogen-bond donors (Lipinski definition) is 0. The molecule has 10 heteroatoms. The summed E-state index contributed by atoms with van der Waals surface area (Å²) in [6.07, 6.45) is 0. The second-order valence-electron chi connectivity index (χ2n) is 1.69. The Hall–Kier alpha value is 0.280. The molecule has 0 aliphatic rings. The fourth-order valence-electron chi connectivity index (χ4n) is 0.477. The zero-order valence-electron chi connectivity index (χ0n) is 5.20. The van der Waals surface area contributed by atoms with Gasteiger partial charge in [-0.05, 0) is 0 Å². The maximum absolute atomic E-state index is 10.8. The van der Waals surface area contributed by atoms with E-state index in [4.69, 9.17) is 35.3 Å². The average molecular weight is 256 g/mol. The van der Waals surface area contributed by atoms with E-state index in [9.17, 15) is 14.4 Å². The topological polar surface area (TPSA) is 66.0 Å². The van der Waals surface area contributed by atoms with Crippen LogP contribution in [0.4, 0.5) is 0 Å². The van der Waals surface area contributed by atoms with E-state index in [1.165, 1.54) is 0 Å². The van der Waals surface area contributed by atoms with Crippen LogP contribution in [0.3, 0.4) is 0 Å². The number of nitrogens with zero attached hydrogens (tertiary/aromatic N) is 3. The summed E-state index contributed by atoms with van der Waals surface area (Å²) in [4.78, 5) is 32.3. The third-order valence-corrected chi connectivity index (χ3v) is 1.88. The van der Waals surface area contributed by atoms with Gasteiger partial charge in [0.05, 0.1) is 0 Å². The molecule has 0 N–H and O–H groups in total. The van der Waals surface area contributed by atoms with Gasteiger partial charge in [-0.15, -0.1) is 12.3 Å². The third-order valence-electron chi connectivity index (χ3n) is 1.01. The molecule has 0 saturated carbocycles. The van der Waals surface area contributed by atoms with Gasteiger partial charge in [0, 0.05) is 35.3 Å². The first-order valence-electron chi connectivity index (χ1n) is 2.46. The van der Waals surface area contributed by atoms with Crippen LogP contribution in [-0.2, 0) is 0 Å². The van der Waals surface area contributed by atoms with Gasteiger partial charge in [-0.1, -0.05) is 0 Å². The molecule has 0 radical (unpaired) electrons. The Balaban J connectivity index is 0.00000144. The Morgan fingerprint density at radius 2 is 0.846 bits per heavy atom. The molecule has 0 bridgehead atoms. The molecule has 1 rings (SSSR count). The molecule has 0 amide bonds. The van der Waals surface area contributed by atoms with Crippen LogP contribution in [0.2, 0.25) is 0 Å². The van der Waals surface area contributed by atoms with Gasteiger partial charge in [0.1, 0.15) is 0 Å². The van der Waals surface area contributed by atoms with Gasteiger partial charge in [0.2, 0.25) is 0 Å². The molecule has 0 aromatic carbocycles. The minimum atomic E-state index is -1.16. The molecule has 0 atom stereocenters. The zero-order chi connectivity index (χ0) is 9.46. The minimum absolute atomic E-state index is 0. The van der Waals surface area contributed by atoms with Crippen molar-refractivity contribution in [1.29, 1.82) is 0 Å². The van der Waals surface area contributed by atoms with Crippen LogP contribution in [0.25, 0.3) is 0 Å². The zero-order valence-corrected chi connectivity index (χ0v) is 7.47. The summed E-state index contributed by atoms with van der Waals surface area (Å²) in [6.45, 7) is 0. The molecule has 1 aromatic heterocycles. The summed E-state index contributed by atoms with van der Waals surface area (Å²) in [5.41, 5.74) is -3.49. The number of rotatable bonds is 0. The van der Waals surface area contributed by atoms with Crippen molar-refractivity contribution in [2.75, 3.05) is 0 Å². The Morgan fingerprint density at radius 1 is 0.692 bits per heavy atom. The summed E-state index contributed by atoms with van der Waals surface area (Å²) in [6, 6.07) is 0. The van der Waals surface area contributed by atoms with Gasteiger partial charge in [-0.2, -0.15) is 0 Å². The van der Waals surface area contributed by atoms with Crippen molar-refractivity contribution in [3.05, 3.63) is 31.5 Å². The summed E-state index contributed by atoms with van der Waals surface area (Å²) >= 11 is 15.3. The van der Waals surface area contributed by atoms with Gasteiger partial charge in [0.25, 0.3) is 0 Å². The predicted molar refractivity (Wildman–Crippen MR) is 50.1 cm³/mol. The van der Waals surface area contributed by atoms with Crippen LogP contribution in [0, 0.1) is 0 Å². The van der Waals surface area contributed by atoms with Gasteiger partial charge in [-0.25, -0.2) is 14.4 Å². The summed E-state index contributed by atoms with van der Waals surface area (Å²) in [5.74, 6) is 0. The van der Waals surface area contributed by atoms with E-state index in [0.717, 1.165) is 0 Å². The van der Waals surface area contributed by atoms with E-state index < -0.39 is 17.1 Å². The van der Waals surface area contributed by atoms with Gasteiger partial charge in [0.15, 0.2) is 0 Å². The van der Waals surface area contributed by atoms with Gasteiger partial charge >= 0.3 is 46.6 Å². The number of hydrogen-bond acceptors (Lipinski definition) is 3. The second-order valence-corrected chi connectivity index (χ2v) is 2.70. The van der Waals surface area contributed by atoms with Crippen molar-refractivity contribution in [2.45, 2.75) is 0 Å². The van der Waals surface area contributed by atoms with E-state index in [1.807, 2.05) is 0 Å². The van der Waals surface area contributed by atoms with E-state index in [-0.39, 0.29) is 41.8 Å². The molecule has 6 nitrogen and oxygen atoms in total. The first-order valence-corrected chi connectivity index (χ1v) is 3.48. The fourth-order valence-corrected chi connectivity index (χ4v) is 1.05. The summed E-state index contributed by atoms with van der Waals surface area (Å²) < 4.78 is 0.254. The molecule has 0 aliphatic carbocycles. The molecule has 1 aromatic rings. The quantitative estimate of drug-likeness (QED) is 0.532. The van der Waals surface area contributed by atoms with Crippen LogP contribution in [-0.4, -0.2) is 41.8 Å². The van der Waals surface area contributed by atoms with Gasteiger partial charge in [-0.3, -0.25) is 0 Å². The Morgan fingerprint density at radius 3 is 1.00 bits per heavy atom. The molecule has 0 spiro atoms. The number of aromatic nitrogens is 3. The third kappa shape index (κ3) is 2.20. The average Bonchev–Trinajstić information content (AvgIpc) is 2.08. The van der Waals surface area contributed by atoms with Crippen molar-refractivity contribution in [2.24, 2.45) is 0 Å². The van der Waals surface area contributed by atoms with E-state index >= 15 is 0 Å². The Labute approximate surface area is 108 Å². The van der Waals surface area contributed by atoms with E-state index in [1.54, 1.807) is 0 Å². The van der Waals surface area contributed by atoms with E-state index in [2.05, 4.69) is 0 Å². The standard InChI is InChI=1S/C3Cl3N3O3.Na.H/c4-7-1(10)8(5)3(12)9(6)2(7)11;;. The molecule has 68 valence electrons. The van der Waals surface area contributed by atoms with Gasteiger partial charge < -0.3 is 0 Å². The molecular weight excluding hydrogens is 255 g/mol. The fraction of sp³-hybridized carbons (Fsp3) is 0. The Kier molecular flexibility index (Phi) is 4.78. The first kappa shape index (κ1) is 13.3. The van der Waals surface area contributed by atoms with Crippen LogP contribution >= 0.6 is 35.3 Å². The molecule has 1 heterocycles. The second kappa shape index (κ2) is 4.68. The Bertz CT molecular complexity index is 386. The normalized spacial score (nSPS) is 9.46. The molecule has 0 aliphatic heterocycles. The molecule has 0 saturated heterocycles. The molecule has 0 unspecified atom stereocenters. The van der Waals surface area contributed by atoms with Crippen LogP contribution in [0.5, 0.6) is 0 Å². The molecule has 13 heavy (non-hydrogen) atoms. The summed E-state index contributed by atoms with van der Waals surface area (Å²) in [5, 5.41) is 0. The first-order chi connectivity index (χ1) is 5.46. The van der Waals surface area contributed by atoms with Crippen LogP contribution in [0.15, 0.2) is 14.4 Å². The van der Waals surface area contributed by atoms with Crippen LogP contribution < -0.4 is 17.1 Å². The SMILES string of the molecule is O=c1n(Cl)c(=O)n(Cl)c(=O)n1Cl.[NaH]. The molecular formula is C3HCl3N3NaO3. The predicted octanol–water partition coefficient (Wildman–Crippen LogP) is -1.47. The van der Waals surface area contributed by atoms with Crippen molar-refractivity contribution >= 4 is 64.9 Å². The van der Waals surface area contributed by atoms with Crippen molar-refractivity contribution in [3.63, 3.8) is 0 Å². The maximum atomic E-state index is 10.8.